The van der Waals surface area contributed by atoms with Crippen molar-refractivity contribution in [1.29, 1.82) is 0 Å². The third-order valence-corrected chi connectivity index (χ3v) is 5.40. The molecular weight excluding hydrogens is 374 g/mol. The van der Waals surface area contributed by atoms with Crippen LogP contribution in [0.3, 0.4) is 0 Å². The largest absolute Gasteiger partial charge is 0.464 e. The van der Waals surface area contributed by atoms with E-state index in [-0.39, 0.29) is 16.9 Å². The predicted octanol–water partition coefficient (Wildman–Crippen LogP) is 4.40. The van der Waals surface area contributed by atoms with E-state index in [9.17, 15) is 9.59 Å². The van der Waals surface area contributed by atoms with Gasteiger partial charge in [-0.15, -0.1) is 11.3 Å². The van der Waals surface area contributed by atoms with Gasteiger partial charge in [0.15, 0.2) is 0 Å². The highest BCUT2D eigenvalue weighted by molar-refractivity contribution is 7.17. The SMILES string of the molecule is CC(C)(C)c1ccc(C(=O)Nn2cnc3scc(-c4ccco4)c3c2=O)cc1. The molecule has 0 atom stereocenters. The van der Waals surface area contributed by atoms with Gasteiger partial charge in [-0.2, -0.15) is 0 Å². The van der Waals surface area contributed by atoms with Crippen molar-refractivity contribution in [3.8, 4) is 11.3 Å². The molecule has 4 aromatic rings. The van der Waals surface area contributed by atoms with Gasteiger partial charge in [-0.3, -0.25) is 15.0 Å². The molecular formula is C21H19N3O3S. The summed E-state index contributed by atoms with van der Waals surface area (Å²) in [4.78, 5) is 30.4. The first-order chi connectivity index (χ1) is 13.3. The van der Waals surface area contributed by atoms with Crippen LogP contribution in [-0.2, 0) is 5.41 Å². The number of amides is 1. The molecule has 4 rings (SSSR count). The minimum absolute atomic E-state index is 0.00209. The van der Waals surface area contributed by atoms with Crippen LogP contribution in [0, 0.1) is 0 Å². The molecule has 6 nitrogen and oxygen atoms in total. The maximum absolute atomic E-state index is 12.9. The minimum Gasteiger partial charge on any atom is -0.464 e. The van der Waals surface area contributed by atoms with E-state index < -0.39 is 0 Å². The minimum atomic E-state index is -0.376. The van der Waals surface area contributed by atoms with Gasteiger partial charge in [-0.05, 0) is 35.2 Å². The summed E-state index contributed by atoms with van der Waals surface area (Å²) in [6, 6.07) is 10.9. The number of benzene rings is 1. The molecule has 0 radical (unpaired) electrons. The molecule has 1 amide bonds. The molecule has 1 aromatic carbocycles. The first kappa shape index (κ1) is 18.2. The molecule has 1 N–H and O–H groups in total. The van der Waals surface area contributed by atoms with Crippen LogP contribution in [0.5, 0.6) is 0 Å². The Labute approximate surface area is 165 Å². The zero-order valence-electron chi connectivity index (χ0n) is 15.7. The highest BCUT2D eigenvalue weighted by Crippen LogP contribution is 2.30. The Morgan fingerprint density at radius 3 is 2.57 bits per heavy atom. The summed E-state index contributed by atoms with van der Waals surface area (Å²) in [5, 5.41) is 2.25. The zero-order chi connectivity index (χ0) is 19.9. The van der Waals surface area contributed by atoms with E-state index in [0.717, 1.165) is 10.2 Å². The molecule has 0 bridgehead atoms. The number of rotatable bonds is 3. The molecule has 0 aliphatic heterocycles. The lowest BCUT2D eigenvalue weighted by atomic mass is 9.87. The Bertz CT molecular complexity index is 1200. The van der Waals surface area contributed by atoms with Crippen molar-refractivity contribution in [1.82, 2.24) is 9.66 Å². The number of fused-ring (bicyclic) bond motifs is 1. The number of hydrogen-bond acceptors (Lipinski definition) is 5. The fourth-order valence-electron chi connectivity index (χ4n) is 2.92. The predicted molar refractivity (Wildman–Crippen MR) is 110 cm³/mol. The number of hydrogen-bond donors (Lipinski definition) is 1. The summed E-state index contributed by atoms with van der Waals surface area (Å²) in [5.41, 5.74) is 4.53. The molecule has 0 saturated carbocycles. The van der Waals surface area contributed by atoms with Crippen LogP contribution in [0.2, 0.25) is 0 Å². The molecule has 0 aliphatic carbocycles. The van der Waals surface area contributed by atoms with E-state index in [1.54, 1.807) is 30.5 Å². The summed E-state index contributed by atoms with van der Waals surface area (Å²) in [7, 11) is 0. The number of carbonyl (C=O) groups excluding carboxylic acids is 1. The molecule has 7 heteroatoms. The monoisotopic (exact) mass is 393 g/mol. The van der Waals surface area contributed by atoms with Crippen molar-refractivity contribution in [3.05, 3.63) is 75.8 Å². The fourth-order valence-corrected chi connectivity index (χ4v) is 3.81. The maximum Gasteiger partial charge on any atom is 0.281 e. The number of carbonyl (C=O) groups is 1. The van der Waals surface area contributed by atoms with Gasteiger partial charge in [0.2, 0.25) is 0 Å². The molecule has 3 heterocycles. The Hall–Kier alpha value is -3.19. The summed E-state index contributed by atoms with van der Waals surface area (Å²) in [6.45, 7) is 6.33. The third kappa shape index (κ3) is 3.25. The van der Waals surface area contributed by atoms with E-state index in [1.807, 2.05) is 17.5 Å². The van der Waals surface area contributed by atoms with Gasteiger partial charge in [0.1, 0.15) is 16.9 Å². The molecule has 0 fully saturated rings. The van der Waals surface area contributed by atoms with E-state index in [0.29, 0.717) is 27.1 Å². The average Bonchev–Trinajstić information content (AvgIpc) is 3.32. The molecule has 0 spiro atoms. The van der Waals surface area contributed by atoms with Crippen molar-refractivity contribution in [2.75, 3.05) is 5.43 Å². The van der Waals surface area contributed by atoms with Crippen LogP contribution in [0.1, 0.15) is 36.7 Å². The van der Waals surface area contributed by atoms with Crippen molar-refractivity contribution in [3.63, 3.8) is 0 Å². The van der Waals surface area contributed by atoms with Gasteiger partial charge in [0.25, 0.3) is 11.5 Å². The fraction of sp³-hybridized carbons (Fsp3) is 0.190. The molecule has 142 valence electrons. The molecule has 0 unspecified atom stereocenters. The second-order valence-corrected chi connectivity index (χ2v) is 8.35. The summed E-state index contributed by atoms with van der Waals surface area (Å²) >= 11 is 1.36. The van der Waals surface area contributed by atoms with Gasteiger partial charge in [-0.1, -0.05) is 32.9 Å². The van der Waals surface area contributed by atoms with Gasteiger partial charge in [-0.25, -0.2) is 9.66 Å². The van der Waals surface area contributed by atoms with Crippen molar-refractivity contribution >= 4 is 27.5 Å². The van der Waals surface area contributed by atoms with E-state index >= 15 is 0 Å². The standard InChI is InChI=1S/C21H19N3O3S/c1-21(2,3)14-8-6-13(7-9-14)18(25)23-24-12-22-19-17(20(24)26)15(11-28-19)16-5-4-10-27-16/h4-12H,1-3H3,(H,23,25). The number of thiophene rings is 1. The first-order valence-electron chi connectivity index (χ1n) is 8.79. The maximum atomic E-state index is 12.9. The average molecular weight is 393 g/mol. The van der Waals surface area contributed by atoms with Crippen LogP contribution in [0.4, 0.5) is 0 Å². The lowest BCUT2D eigenvalue weighted by molar-refractivity contribution is 0.101. The number of nitrogens with zero attached hydrogens (tertiary/aromatic N) is 2. The van der Waals surface area contributed by atoms with Crippen molar-refractivity contribution < 1.29 is 9.21 Å². The van der Waals surface area contributed by atoms with E-state index in [1.165, 1.54) is 17.7 Å². The van der Waals surface area contributed by atoms with Gasteiger partial charge >= 0.3 is 0 Å². The smallest absolute Gasteiger partial charge is 0.281 e. The van der Waals surface area contributed by atoms with Gasteiger partial charge in [0.05, 0.1) is 11.6 Å². The Balaban J connectivity index is 1.66. The molecule has 0 saturated heterocycles. The van der Waals surface area contributed by atoms with Crippen LogP contribution >= 0.6 is 11.3 Å². The van der Waals surface area contributed by atoms with Crippen molar-refractivity contribution in [2.45, 2.75) is 26.2 Å². The van der Waals surface area contributed by atoms with Crippen molar-refractivity contribution in [2.24, 2.45) is 0 Å². The summed E-state index contributed by atoms with van der Waals surface area (Å²) < 4.78 is 6.53. The normalized spacial score (nSPS) is 11.7. The number of aromatic nitrogens is 2. The highest BCUT2D eigenvalue weighted by atomic mass is 32.1. The van der Waals surface area contributed by atoms with E-state index in [2.05, 4.69) is 31.2 Å². The Kier molecular flexibility index (Phi) is 4.39. The van der Waals surface area contributed by atoms with Gasteiger partial charge in [0, 0.05) is 16.5 Å². The second kappa shape index (κ2) is 6.76. The van der Waals surface area contributed by atoms with Crippen LogP contribution in [0.25, 0.3) is 21.5 Å². The Morgan fingerprint density at radius 1 is 1.18 bits per heavy atom. The molecule has 28 heavy (non-hydrogen) atoms. The highest BCUT2D eigenvalue weighted by Gasteiger charge is 2.17. The first-order valence-corrected chi connectivity index (χ1v) is 9.67. The quantitative estimate of drug-likeness (QED) is 0.560. The summed E-state index contributed by atoms with van der Waals surface area (Å²) in [5.74, 6) is 0.213. The lowest BCUT2D eigenvalue weighted by Gasteiger charge is -2.19. The van der Waals surface area contributed by atoms with Gasteiger partial charge < -0.3 is 4.42 Å². The van der Waals surface area contributed by atoms with E-state index in [4.69, 9.17) is 4.42 Å². The van der Waals surface area contributed by atoms with Crippen LogP contribution < -0.4 is 11.0 Å². The summed E-state index contributed by atoms with van der Waals surface area (Å²) in [6.07, 6.45) is 2.88. The second-order valence-electron chi connectivity index (χ2n) is 7.49. The van der Waals surface area contributed by atoms with Crippen LogP contribution in [0.15, 0.2) is 63.6 Å². The third-order valence-electron chi connectivity index (χ3n) is 4.52. The van der Waals surface area contributed by atoms with Crippen LogP contribution in [-0.4, -0.2) is 15.6 Å². The molecule has 0 aliphatic rings. The zero-order valence-corrected chi connectivity index (χ0v) is 16.5. The molecule has 3 aromatic heterocycles. The Morgan fingerprint density at radius 2 is 1.93 bits per heavy atom. The number of nitrogens with one attached hydrogen (secondary N) is 1. The topological polar surface area (TPSA) is 77.1 Å². The number of furan rings is 1. The lowest BCUT2D eigenvalue weighted by Crippen LogP contribution is -2.33.